The van der Waals surface area contributed by atoms with Crippen molar-refractivity contribution in [1.82, 2.24) is 10.2 Å². The van der Waals surface area contributed by atoms with Gasteiger partial charge in [-0.3, -0.25) is 19.3 Å². The Morgan fingerprint density at radius 1 is 1.12 bits per heavy atom. The number of nitrogens with zero attached hydrogens (tertiary/aromatic N) is 3. The Morgan fingerprint density at radius 3 is 2.55 bits per heavy atom. The van der Waals surface area contributed by atoms with Crippen molar-refractivity contribution in [3.8, 4) is 0 Å². The number of rotatable bonds is 9. The largest absolute Gasteiger partial charge is 0.325 e. The van der Waals surface area contributed by atoms with Crippen LogP contribution in [0.3, 0.4) is 0 Å². The second-order valence-electron chi connectivity index (χ2n) is 7.73. The Hall–Kier alpha value is -3.04. The first-order chi connectivity index (χ1) is 16.0. The van der Waals surface area contributed by atoms with Gasteiger partial charge in [0.05, 0.1) is 0 Å². The molecule has 2 amide bonds. The first kappa shape index (κ1) is 23.1. The standard InChI is InChI=1S/C24H24N4O3S2/c1-3-20(30)28(19-12-13-19)23-26-27-24(33-23)32-21(16-8-5-4-6-9-16)22(31)25-18-11-7-10-17(14-18)15(2)29/h4-11,14,19,21H,3,12-13H2,1-2H3,(H,25,31). The lowest BCUT2D eigenvalue weighted by Crippen LogP contribution is -2.32. The molecule has 1 saturated carbocycles. The maximum absolute atomic E-state index is 13.3. The highest BCUT2D eigenvalue weighted by atomic mass is 32.2. The van der Waals surface area contributed by atoms with Crippen molar-refractivity contribution in [3.63, 3.8) is 0 Å². The van der Waals surface area contributed by atoms with Gasteiger partial charge in [0.1, 0.15) is 5.25 Å². The normalized spacial score (nSPS) is 13.9. The van der Waals surface area contributed by atoms with Gasteiger partial charge in [-0.25, -0.2) is 0 Å². The fourth-order valence-electron chi connectivity index (χ4n) is 3.34. The molecule has 0 spiro atoms. The molecule has 33 heavy (non-hydrogen) atoms. The van der Waals surface area contributed by atoms with E-state index in [2.05, 4.69) is 15.5 Å². The molecule has 1 heterocycles. The van der Waals surface area contributed by atoms with E-state index >= 15 is 0 Å². The summed E-state index contributed by atoms with van der Waals surface area (Å²) >= 11 is 2.62. The van der Waals surface area contributed by atoms with Crippen LogP contribution in [0.4, 0.5) is 10.8 Å². The summed E-state index contributed by atoms with van der Waals surface area (Å²) in [5, 5.41) is 11.4. The van der Waals surface area contributed by atoms with E-state index in [1.807, 2.05) is 37.3 Å². The number of anilines is 2. The Morgan fingerprint density at radius 2 is 1.88 bits per heavy atom. The second kappa shape index (κ2) is 10.3. The lowest BCUT2D eigenvalue weighted by molar-refractivity contribution is -0.118. The number of nitrogens with one attached hydrogen (secondary N) is 1. The van der Waals surface area contributed by atoms with Gasteiger partial charge in [-0.1, -0.05) is 72.5 Å². The van der Waals surface area contributed by atoms with Crippen LogP contribution in [-0.4, -0.2) is 33.8 Å². The fourth-order valence-corrected chi connectivity index (χ4v) is 5.46. The van der Waals surface area contributed by atoms with Gasteiger partial charge in [0.15, 0.2) is 10.1 Å². The number of aromatic nitrogens is 2. The molecule has 1 unspecified atom stereocenters. The molecule has 1 fully saturated rings. The number of hydrogen-bond donors (Lipinski definition) is 1. The van der Waals surface area contributed by atoms with Crippen molar-refractivity contribution in [2.75, 3.05) is 10.2 Å². The monoisotopic (exact) mass is 480 g/mol. The van der Waals surface area contributed by atoms with E-state index < -0.39 is 5.25 Å². The summed E-state index contributed by atoms with van der Waals surface area (Å²) in [6.07, 6.45) is 2.36. The van der Waals surface area contributed by atoms with Crippen LogP contribution in [0.2, 0.25) is 0 Å². The summed E-state index contributed by atoms with van der Waals surface area (Å²) in [6, 6.07) is 16.5. The molecule has 1 aromatic heterocycles. The van der Waals surface area contributed by atoms with Crippen molar-refractivity contribution >= 4 is 51.5 Å². The van der Waals surface area contributed by atoms with E-state index in [0.717, 1.165) is 18.4 Å². The van der Waals surface area contributed by atoms with Crippen LogP contribution in [0.15, 0.2) is 58.9 Å². The Bertz CT molecular complexity index is 1160. The molecule has 4 rings (SSSR count). The third kappa shape index (κ3) is 5.66. The van der Waals surface area contributed by atoms with Crippen molar-refractivity contribution in [2.24, 2.45) is 0 Å². The van der Waals surface area contributed by atoms with E-state index in [9.17, 15) is 14.4 Å². The van der Waals surface area contributed by atoms with Gasteiger partial charge in [0.25, 0.3) is 0 Å². The smallest absolute Gasteiger partial charge is 0.242 e. The number of Topliss-reactive ketones (excluding diaryl/α,β-unsaturated/α-hetero) is 1. The molecule has 0 bridgehead atoms. The van der Waals surface area contributed by atoms with Gasteiger partial charge in [0, 0.05) is 23.7 Å². The van der Waals surface area contributed by atoms with Crippen molar-refractivity contribution < 1.29 is 14.4 Å². The minimum atomic E-state index is -0.579. The number of amides is 2. The highest BCUT2D eigenvalue weighted by Crippen LogP contribution is 2.41. The summed E-state index contributed by atoms with van der Waals surface area (Å²) in [6.45, 7) is 3.33. The van der Waals surface area contributed by atoms with E-state index in [1.165, 1.54) is 30.0 Å². The summed E-state index contributed by atoms with van der Waals surface area (Å²) in [5.41, 5.74) is 1.91. The van der Waals surface area contributed by atoms with E-state index in [1.54, 1.807) is 29.2 Å². The summed E-state index contributed by atoms with van der Waals surface area (Å²) in [7, 11) is 0. The van der Waals surface area contributed by atoms with Gasteiger partial charge in [-0.2, -0.15) is 0 Å². The molecule has 9 heteroatoms. The molecular weight excluding hydrogens is 456 g/mol. The minimum absolute atomic E-state index is 0.0351. The highest BCUT2D eigenvalue weighted by molar-refractivity contribution is 8.02. The van der Waals surface area contributed by atoms with Crippen LogP contribution in [0, 0.1) is 0 Å². The van der Waals surface area contributed by atoms with Gasteiger partial charge >= 0.3 is 0 Å². The zero-order valence-electron chi connectivity index (χ0n) is 18.4. The third-order valence-electron chi connectivity index (χ3n) is 5.18. The lowest BCUT2D eigenvalue weighted by atomic mass is 10.1. The number of hydrogen-bond acceptors (Lipinski definition) is 7. The maximum Gasteiger partial charge on any atom is 0.242 e. The Kier molecular flexibility index (Phi) is 7.20. The zero-order chi connectivity index (χ0) is 23.4. The molecule has 1 atom stereocenters. The second-order valence-corrected chi connectivity index (χ2v) is 10.0. The number of carbonyl (C=O) groups is 3. The van der Waals surface area contributed by atoms with Crippen LogP contribution in [0.5, 0.6) is 0 Å². The molecule has 0 aliphatic heterocycles. The van der Waals surface area contributed by atoms with Gasteiger partial charge < -0.3 is 5.32 Å². The number of carbonyl (C=O) groups excluding carboxylic acids is 3. The maximum atomic E-state index is 13.3. The molecule has 1 aliphatic carbocycles. The van der Waals surface area contributed by atoms with Gasteiger partial charge in [-0.05, 0) is 37.5 Å². The fraction of sp³-hybridized carbons (Fsp3) is 0.292. The SMILES string of the molecule is CCC(=O)N(c1nnc(SC(C(=O)Nc2cccc(C(C)=O)c2)c2ccccc2)s1)C1CC1. The van der Waals surface area contributed by atoms with E-state index in [-0.39, 0.29) is 23.6 Å². The summed E-state index contributed by atoms with van der Waals surface area (Å²) in [5.74, 6) is -0.261. The van der Waals surface area contributed by atoms with Crippen LogP contribution in [0.25, 0.3) is 0 Å². The number of thioether (sulfide) groups is 1. The quantitative estimate of drug-likeness (QED) is 0.260. The molecular formula is C24H24N4O3S2. The summed E-state index contributed by atoms with van der Waals surface area (Å²) in [4.78, 5) is 39.1. The van der Waals surface area contributed by atoms with Gasteiger partial charge in [0.2, 0.25) is 16.9 Å². The van der Waals surface area contributed by atoms with Crippen LogP contribution in [0.1, 0.15) is 54.3 Å². The number of ketones is 1. The van der Waals surface area contributed by atoms with E-state index in [0.29, 0.717) is 27.1 Å². The molecule has 170 valence electrons. The molecule has 0 radical (unpaired) electrons. The topological polar surface area (TPSA) is 92.3 Å². The van der Waals surface area contributed by atoms with Crippen molar-refractivity contribution in [3.05, 3.63) is 65.7 Å². The first-order valence-corrected chi connectivity index (χ1v) is 12.4. The zero-order valence-corrected chi connectivity index (χ0v) is 20.0. The van der Waals surface area contributed by atoms with Crippen molar-refractivity contribution in [1.29, 1.82) is 0 Å². The molecule has 0 saturated heterocycles. The molecule has 2 aromatic carbocycles. The third-order valence-corrected chi connectivity index (χ3v) is 7.44. The summed E-state index contributed by atoms with van der Waals surface area (Å²) < 4.78 is 0.612. The number of benzene rings is 2. The van der Waals surface area contributed by atoms with Crippen LogP contribution < -0.4 is 10.2 Å². The molecule has 7 nitrogen and oxygen atoms in total. The van der Waals surface area contributed by atoms with Crippen LogP contribution >= 0.6 is 23.1 Å². The average Bonchev–Trinajstić information content (AvgIpc) is 3.55. The minimum Gasteiger partial charge on any atom is -0.325 e. The first-order valence-electron chi connectivity index (χ1n) is 10.7. The highest BCUT2D eigenvalue weighted by Gasteiger charge is 2.35. The predicted octanol–water partition coefficient (Wildman–Crippen LogP) is 5.12. The average molecular weight is 481 g/mol. The Balaban J connectivity index is 1.57. The van der Waals surface area contributed by atoms with Gasteiger partial charge in [-0.15, -0.1) is 10.2 Å². The Labute approximate surface area is 200 Å². The van der Waals surface area contributed by atoms with Crippen LogP contribution in [-0.2, 0) is 9.59 Å². The van der Waals surface area contributed by atoms with E-state index in [4.69, 9.17) is 0 Å². The molecule has 3 aromatic rings. The molecule has 1 N–H and O–H groups in total. The predicted molar refractivity (Wildman–Crippen MR) is 131 cm³/mol. The lowest BCUT2D eigenvalue weighted by Gasteiger charge is -2.17. The van der Waals surface area contributed by atoms with Crippen molar-refractivity contribution in [2.45, 2.75) is 48.7 Å². The molecule has 1 aliphatic rings.